The van der Waals surface area contributed by atoms with E-state index in [1.807, 2.05) is 14.1 Å². The molecule has 128 valence electrons. The zero-order chi connectivity index (χ0) is 16.9. The number of nitrogens with zero attached hydrogens (tertiary/aromatic N) is 1. The highest BCUT2D eigenvalue weighted by Crippen LogP contribution is 2.13. The number of aryl methyl sites for hydroxylation is 1. The Balaban J connectivity index is 1.64. The number of anilines is 1. The smallest absolute Gasteiger partial charge is 0.315 e. The standard InChI is InChI=1S/C16H25N3O3S/c1-19(2)15-7-5-13(6-8-15)4-3-10-17-16(20)18-14-9-11-23(21,22)12-14/h5-8,14H,3-4,9-12H2,1-2H3,(H2,17,18,20)/t14-/m0/s1. The molecule has 0 saturated carbocycles. The predicted molar refractivity (Wildman–Crippen MR) is 92.7 cm³/mol. The van der Waals surface area contributed by atoms with Gasteiger partial charge in [-0.05, 0) is 37.0 Å². The highest BCUT2D eigenvalue weighted by Gasteiger charge is 2.28. The molecule has 1 aliphatic rings. The van der Waals surface area contributed by atoms with Crippen LogP contribution in [0.15, 0.2) is 24.3 Å². The lowest BCUT2D eigenvalue weighted by Gasteiger charge is -2.13. The molecule has 0 aromatic heterocycles. The second-order valence-corrected chi connectivity index (χ2v) is 8.39. The zero-order valence-electron chi connectivity index (χ0n) is 13.7. The van der Waals surface area contributed by atoms with Crippen molar-refractivity contribution in [1.82, 2.24) is 10.6 Å². The van der Waals surface area contributed by atoms with Crippen molar-refractivity contribution in [3.63, 3.8) is 0 Å². The van der Waals surface area contributed by atoms with Gasteiger partial charge in [-0.2, -0.15) is 0 Å². The number of hydrogen-bond donors (Lipinski definition) is 2. The Morgan fingerprint density at radius 2 is 1.96 bits per heavy atom. The molecule has 23 heavy (non-hydrogen) atoms. The fraction of sp³-hybridized carbons (Fsp3) is 0.562. The molecule has 2 amide bonds. The number of rotatable bonds is 6. The van der Waals surface area contributed by atoms with Crippen molar-refractivity contribution in [2.75, 3.05) is 37.0 Å². The van der Waals surface area contributed by atoms with Crippen LogP contribution in [0.5, 0.6) is 0 Å². The molecule has 0 radical (unpaired) electrons. The Morgan fingerprint density at radius 3 is 2.52 bits per heavy atom. The number of benzene rings is 1. The average Bonchev–Trinajstić information content (AvgIpc) is 2.83. The molecule has 2 rings (SSSR count). The van der Waals surface area contributed by atoms with Crippen LogP contribution in [0.2, 0.25) is 0 Å². The number of carbonyl (C=O) groups is 1. The number of sulfone groups is 1. The molecule has 1 heterocycles. The van der Waals surface area contributed by atoms with Gasteiger partial charge in [0.25, 0.3) is 0 Å². The van der Waals surface area contributed by atoms with Crippen LogP contribution in [-0.4, -0.2) is 52.6 Å². The first-order valence-electron chi connectivity index (χ1n) is 7.87. The molecule has 1 aromatic carbocycles. The van der Waals surface area contributed by atoms with Crippen LogP contribution in [-0.2, 0) is 16.3 Å². The third-order valence-electron chi connectivity index (χ3n) is 3.95. The summed E-state index contributed by atoms with van der Waals surface area (Å²) in [6, 6.07) is 7.82. The van der Waals surface area contributed by atoms with Crippen LogP contribution in [0, 0.1) is 0 Å². The first-order valence-corrected chi connectivity index (χ1v) is 9.69. The van der Waals surface area contributed by atoms with Gasteiger partial charge in [-0.25, -0.2) is 13.2 Å². The van der Waals surface area contributed by atoms with Crippen molar-refractivity contribution in [2.45, 2.75) is 25.3 Å². The SMILES string of the molecule is CN(C)c1ccc(CCCNC(=O)N[C@H]2CCS(=O)(=O)C2)cc1. The Hall–Kier alpha value is -1.76. The summed E-state index contributed by atoms with van der Waals surface area (Å²) in [4.78, 5) is 13.8. The summed E-state index contributed by atoms with van der Waals surface area (Å²) in [7, 11) is 1.06. The molecule has 0 unspecified atom stereocenters. The average molecular weight is 339 g/mol. The van der Waals surface area contributed by atoms with E-state index in [-0.39, 0.29) is 23.6 Å². The molecule has 1 atom stereocenters. The van der Waals surface area contributed by atoms with Crippen molar-refractivity contribution in [3.8, 4) is 0 Å². The van der Waals surface area contributed by atoms with E-state index in [4.69, 9.17) is 0 Å². The lowest BCUT2D eigenvalue weighted by Crippen LogP contribution is -2.43. The Morgan fingerprint density at radius 1 is 1.26 bits per heavy atom. The maximum Gasteiger partial charge on any atom is 0.315 e. The number of amides is 2. The zero-order valence-corrected chi connectivity index (χ0v) is 14.5. The van der Waals surface area contributed by atoms with Gasteiger partial charge in [-0.3, -0.25) is 0 Å². The molecule has 7 heteroatoms. The summed E-state index contributed by atoms with van der Waals surface area (Å²) in [6.45, 7) is 0.570. The van der Waals surface area contributed by atoms with Crippen molar-refractivity contribution in [3.05, 3.63) is 29.8 Å². The topological polar surface area (TPSA) is 78.5 Å². The Labute approximate surface area is 138 Å². The fourth-order valence-electron chi connectivity index (χ4n) is 2.60. The monoisotopic (exact) mass is 339 g/mol. The minimum Gasteiger partial charge on any atom is -0.378 e. The lowest BCUT2D eigenvalue weighted by molar-refractivity contribution is 0.238. The first-order chi connectivity index (χ1) is 10.9. The summed E-state index contributed by atoms with van der Waals surface area (Å²) < 4.78 is 22.7. The Kier molecular flexibility index (Phi) is 5.87. The summed E-state index contributed by atoms with van der Waals surface area (Å²) in [5.41, 5.74) is 2.40. The molecule has 6 nitrogen and oxygen atoms in total. The van der Waals surface area contributed by atoms with Gasteiger partial charge in [0.05, 0.1) is 11.5 Å². The minimum absolute atomic E-state index is 0.0542. The molecular weight excluding hydrogens is 314 g/mol. The molecule has 2 N–H and O–H groups in total. The number of urea groups is 1. The van der Waals surface area contributed by atoms with E-state index in [0.29, 0.717) is 13.0 Å². The largest absolute Gasteiger partial charge is 0.378 e. The third kappa shape index (κ3) is 5.74. The van der Waals surface area contributed by atoms with E-state index < -0.39 is 9.84 Å². The van der Waals surface area contributed by atoms with Gasteiger partial charge in [0.1, 0.15) is 0 Å². The number of carbonyl (C=O) groups excluding carboxylic acids is 1. The minimum atomic E-state index is -2.96. The molecule has 0 bridgehead atoms. The maximum atomic E-state index is 11.7. The van der Waals surface area contributed by atoms with Gasteiger partial charge in [0, 0.05) is 32.4 Å². The van der Waals surface area contributed by atoms with Crippen LogP contribution >= 0.6 is 0 Å². The van der Waals surface area contributed by atoms with Gasteiger partial charge in [-0.1, -0.05) is 12.1 Å². The second kappa shape index (κ2) is 7.68. The van der Waals surface area contributed by atoms with E-state index in [9.17, 15) is 13.2 Å². The quantitative estimate of drug-likeness (QED) is 0.763. The van der Waals surface area contributed by atoms with E-state index in [1.54, 1.807) is 0 Å². The van der Waals surface area contributed by atoms with Gasteiger partial charge in [0.2, 0.25) is 0 Å². The predicted octanol–water partition coefficient (Wildman–Crippen LogP) is 1.17. The Bertz CT molecular complexity index is 626. The number of nitrogens with one attached hydrogen (secondary N) is 2. The van der Waals surface area contributed by atoms with E-state index >= 15 is 0 Å². The van der Waals surface area contributed by atoms with Gasteiger partial charge < -0.3 is 15.5 Å². The summed E-state index contributed by atoms with van der Waals surface area (Å²) >= 11 is 0. The maximum absolute atomic E-state index is 11.7. The fourth-order valence-corrected chi connectivity index (χ4v) is 4.27. The number of hydrogen-bond acceptors (Lipinski definition) is 4. The van der Waals surface area contributed by atoms with E-state index in [2.05, 4.69) is 39.8 Å². The molecule has 1 aromatic rings. The van der Waals surface area contributed by atoms with Crippen molar-refractivity contribution in [2.24, 2.45) is 0 Å². The van der Waals surface area contributed by atoms with Crippen molar-refractivity contribution < 1.29 is 13.2 Å². The molecule has 1 aliphatic heterocycles. The van der Waals surface area contributed by atoms with E-state index in [1.165, 1.54) is 5.56 Å². The highest BCUT2D eigenvalue weighted by molar-refractivity contribution is 7.91. The van der Waals surface area contributed by atoms with Gasteiger partial charge in [-0.15, -0.1) is 0 Å². The van der Waals surface area contributed by atoms with Gasteiger partial charge in [0.15, 0.2) is 9.84 Å². The normalized spacial score (nSPS) is 19.3. The molecule has 1 fully saturated rings. The molecule has 0 spiro atoms. The van der Waals surface area contributed by atoms with Crippen LogP contribution in [0.4, 0.5) is 10.5 Å². The van der Waals surface area contributed by atoms with Crippen LogP contribution in [0.25, 0.3) is 0 Å². The molecule has 0 aliphatic carbocycles. The van der Waals surface area contributed by atoms with Crippen molar-refractivity contribution >= 4 is 21.6 Å². The second-order valence-electron chi connectivity index (χ2n) is 6.16. The lowest BCUT2D eigenvalue weighted by atomic mass is 10.1. The van der Waals surface area contributed by atoms with E-state index in [0.717, 1.165) is 18.5 Å². The van der Waals surface area contributed by atoms with Crippen LogP contribution < -0.4 is 15.5 Å². The molecule has 1 saturated heterocycles. The molecular formula is C16H25N3O3S. The highest BCUT2D eigenvalue weighted by atomic mass is 32.2. The van der Waals surface area contributed by atoms with Gasteiger partial charge >= 0.3 is 6.03 Å². The summed E-state index contributed by atoms with van der Waals surface area (Å²) in [5.74, 6) is 0.222. The summed E-state index contributed by atoms with van der Waals surface area (Å²) in [6.07, 6.45) is 2.25. The van der Waals surface area contributed by atoms with Crippen molar-refractivity contribution in [1.29, 1.82) is 0 Å². The third-order valence-corrected chi connectivity index (χ3v) is 5.72. The van der Waals surface area contributed by atoms with Crippen LogP contribution in [0.1, 0.15) is 18.4 Å². The first kappa shape index (κ1) is 17.6. The van der Waals surface area contributed by atoms with Crippen LogP contribution in [0.3, 0.4) is 0 Å². The summed E-state index contributed by atoms with van der Waals surface area (Å²) in [5, 5.41) is 5.50.